The van der Waals surface area contributed by atoms with Crippen molar-refractivity contribution in [2.75, 3.05) is 12.8 Å². The van der Waals surface area contributed by atoms with Crippen LogP contribution in [-0.4, -0.2) is 31.6 Å². The normalized spacial score (nSPS) is 14.8. The maximum atomic E-state index is 8.93. The summed E-state index contributed by atoms with van der Waals surface area (Å²) in [6.07, 6.45) is 1.19. The molecule has 4 nitrogen and oxygen atoms in total. The van der Waals surface area contributed by atoms with Crippen molar-refractivity contribution in [3.63, 3.8) is 0 Å². The topological polar surface area (TPSA) is 63.9 Å². The second-order valence-electron chi connectivity index (χ2n) is 2.72. The first-order valence-electron chi connectivity index (χ1n) is 3.04. The summed E-state index contributed by atoms with van der Waals surface area (Å²) in [7, 11) is -2.91. The molecule has 0 radical (unpaired) electrons. The Bertz CT molecular complexity index is 102. The summed E-state index contributed by atoms with van der Waals surface area (Å²) in [4.78, 5) is 0. The molecule has 0 fully saturated rings. The highest BCUT2D eigenvalue weighted by Crippen LogP contribution is 2.36. The summed E-state index contributed by atoms with van der Waals surface area (Å²) in [6, 6.07) is 0. The van der Waals surface area contributed by atoms with Crippen LogP contribution in [0.5, 0.6) is 0 Å². The third kappa shape index (κ3) is 4.08. The highest BCUT2D eigenvalue weighted by molar-refractivity contribution is 8.21. The van der Waals surface area contributed by atoms with Crippen LogP contribution in [0.2, 0.25) is 0 Å². The van der Waals surface area contributed by atoms with Gasteiger partial charge in [-0.2, -0.15) is 0 Å². The number of rotatable bonds is 3. The molecule has 0 aliphatic carbocycles. The molecule has 5 heteroatoms. The molecular formula is C5H15NO3S. The van der Waals surface area contributed by atoms with Crippen LogP contribution in [0.4, 0.5) is 0 Å². The fourth-order valence-corrected chi connectivity index (χ4v) is 1.03. The van der Waals surface area contributed by atoms with Crippen LogP contribution in [0.1, 0.15) is 13.8 Å². The summed E-state index contributed by atoms with van der Waals surface area (Å²) in [5, 5.41) is 8.93. The van der Waals surface area contributed by atoms with E-state index in [-0.39, 0.29) is 12.5 Å². The molecule has 0 aromatic heterocycles. The van der Waals surface area contributed by atoms with Crippen LogP contribution in [0.25, 0.3) is 0 Å². The van der Waals surface area contributed by atoms with Gasteiger partial charge in [0.15, 0.2) is 0 Å². The monoisotopic (exact) mass is 169 g/mol. The van der Waals surface area contributed by atoms with Crippen LogP contribution < -0.4 is 0 Å². The zero-order valence-electron chi connectivity index (χ0n) is 6.48. The van der Waals surface area contributed by atoms with E-state index in [2.05, 4.69) is 0 Å². The van der Waals surface area contributed by atoms with E-state index in [1.165, 1.54) is 6.26 Å². The van der Waals surface area contributed by atoms with E-state index in [0.29, 0.717) is 4.47 Å². The van der Waals surface area contributed by atoms with Crippen LogP contribution in [0.15, 0.2) is 0 Å². The largest absolute Gasteiger partial charge is 0.295 e. The van der Waals surface area contributed by atoms with Crippen molar-refractivity contribution >= 4 is 10.8 Å². The number of nitrogens with zero attached hydrogens (tertiary/aromatic N) is 1. The van der Waals surface area contributed by atoms with Crippen molar-refractivity contribution in [3.8, 4) is 0 Å². The van der Waals surface area contributed by atoms with Gasteiger partial charge in [-0.1, -0.05) is 18.3 Å². The molecule has 0 aromatic carbocycles. The van der Waals surface area contributed by atoms with Crippen molar-refractivity contribution in [1.82, 2.24) is 4.47 Å². The third-order valence-electron chi connectivity index (χ3n) is 0.921. The van der Waals surface area contributed by atoms with Gasteiger partial charge in [-0.05, 0) is 5.92 Å². The fraction of sp³-hybridized carbons (Fsp3) is 1.00. The van der Waals surface area contributed by atoms with Gasteiger partial charge in [0.2, 0.25) is 0 Å². The second kappa shape index (κ2) is 3.54. The van der Waals surface area contributed by atoms with E-state index in [1.807, 2.05) is 13.8 Å². The van der Waals surface area contributed by atoms with Gasteiger partial charge in [0.05, 0.1) is 0 Å². The predicted molar refractivity (Wildman–Crippen MR) is 42.1 cm³/mol. The maximum absolute atomic E-state index is 8.93. The van der Waals surface area contributed by atoms with Gasteiger partial charge in [0.25, 0.3) is 0 Å². The second-order valence-corrected chi connectivity index (χ2v) is 4.73. The number of hydrogen-bond acceptors (Lipinski definition) is 4. The quantitative estimate of drug-likeness (QED) is 0.562. The number of hydrogen-bond donors (Lipinski definition) is 3. The third-order valence-corrected chi connectivity index (χ3v) is 1.87. The van der Waals surface area contributed by atoms with Gasteiger partial charge in [-0.3, -0.25) is 14.3 Å². The van der Waals surface area contributed by atoms with Crippen LogP contribution >= 0.6 is 10.8 Å². The van der Waals surface area contributed by atoms with Gasteiger partial charge in [-0.25, -0.2) is 0 Å². The molecule has 64 valence electrons. The minimum atomic E-state index is -2.91. The Kier molecular flexibility index (Phi) is 3.61. The van der Waals surface area contributed by atoms with Crippen molar-refractivity contribution in [2.24, 2.45) is 5.92 Å². The van der Waals surface area contributed by atoms with Crippen LogP contribution in [-0.2, 0) is 0 Å². The van der Waals surface area contributed by atoms with Crippen LogP contribution in [0.3, 0.4) is 0 Å². The van der Waals surface area contributed by atoms with Gasteiger partial charge in [0, 0.05) is 12.8 Å². The van der Waals surface area contributed by atoms with E-state index in [0.717, 1.165) is 0 Å². The van der Waals surface area contributed by atoms with Gasteiger partial charge < -0.3 is 0 Å². The smallest absolute Gasteiger partial charge is 0.0470 e. The SMILES string of the molecule is CC(C)CN(O)S(C)(O)O. The molecule has 0 spiro atoms. The molecule has 0 unspecified atom stereocenters. The Labute approximate surface area is 62.9 Å². The lowest BCUT2D eigenvalue weighted by molar-refractivity contribution is -0.0166. The van der Waals surface area contributed by atoms with Crippen molar-refractivity contribution in [3.05, 3.63) is 0 Å². The first-order valence-corrected chi connectivity index (χ1v) is 4.95. The average Bonchev–Trinajstić information content (AvgIpc) is 1.60. The molecule has 0 aliphatic rings. The summed E-state index contributed by atoms with van der Waals surface area (Å²) in [5.41, 5.74) is 0. The fourth-order valence-electron chi connectivity index (χ4n) is 0.454. The molecule has 0 aromatic rings. The zero-order chi connectivity index (χ0) is 8.36. The minimum Gasteiger partial charge on any atom is -0.295 e. The van der Waals surface area contributed by atoms with Crippen LogP contribution in [0, 0.1) is 5.92 Å². The summed E-state index contributed by atoms with van der Waals surface area (Å²) in [6.45, 7) is 4.04. The molecule has 0 heterocycles. The Morgan fingerprint density at radius 2 is 1.80 bits per heavy atom. The molecule has 10 heavy (non-hydrogen) atoms. The van der Waals surface area contributed by atoms with E-state index >= 15 is 0 Å². The zero-order valence-corrected chi connectivity index (χ0v) is 7.30. The summed E-state index contributed by atoms with van der Waals surface area (Å²) < 4.78 is 18.3. The molecule has 0 rings (SSSR count). The molecular weight excluding hydrogens is 154 g/mol. The molecule has 0 amide bonds. The molecule has 0 saturated heterocycles. The average molecular weight is 169 g/mol. The summed E-state index contributed by atoms with van der Waals surface area (Å²) >= 11 is 0. The van der Waals surface area contributed by atoms with E-state index in [4.69, 9.17) is 14.3 Å². The van der Waals surface area contributed by atoms with E-state index in [1.54, 1.807) is 0 Å². The number of hydroxylamine groups is 1. The maximum Gasteiger partial charge on any atom is 0.0470 e. The lowest BCUT2D eigenvalue weighted by atomic mass is 10.2. The molecule has 0 aliphatic heterocycles. The molecule has 3 N–H and O–H groups in total. The van der Waals surface area contributed by atoms with Crippen molar-refractivity contribution in [2.45, 2.75) is 13.8 Å². The first kappa shape index (κ1) is 10.2. The van der Waals surface area contributed by atoms with Gasteiger partial charge in [0.1, 0.15) is 0 Å². The Balaban J connectivity index is 3.73. The lowest BCUT2D eigenvalue weighted by Crippen LogP contribution is -2.26. The molecule has 0 atom stereocenters. The standard InChI is InChI=1S/C5H15NO3S/c1-5(2)4-6(7)10(3,8)9/h5,7-9H,4H2,1-3H3. The predicted octanol–water partition coefficient (Wildman–Crippen LogP) is 1.63. The Hall–Kier alpha value is 0.190. The first-order chi connectivity index (χ1) is 4.34. The van der Waals surface area contributed by atoms with E-state index in [9.17, 15) is 0 Å². The highest BCUT2D eigenvalue weighted by atomic mass is 32.3. The van der Waals surface area contributed by atoms with Crippen molar-refractivity contribution < 1.29 is 14.3 Å². The molecule has 0 saturated carbocycles. The lowest BCUT2D eigenvalue weighted by Gasteiger charge is -2.35. The van der Waals surface area contributed by atoms with Gasteiger partial charge >= 0.3 is 0 Å². The Morgan fingerprint density at radius 3 is 1.90 bits per heavy atom. The molecule has 0 bridgehead atoms. The van der Waals surface area contributed by atoms with E-state index < -0.39 is 10.8 Å². The summed E-state index contributed by atoms with van der Waals surface area (Å²) in [5.74, 6) is 0.219. The van der Waals surface area contributed by atoms with Crippen molar-refractivity contribution in [1.29, 1.82) is 0 Å². The minimum absolute atomic E-state index is 0.219. The Morgan fingerprint density at radius 1 is 1.40 bits per heavy atom. The highest BCUT2D eigenvalue weighted by Gasteiger charge is 2.14. The van der Waals surface area contributed by atoms with Gasteiger partial charge in [-0.15, -0.1) is 10.8 Å².